The van der Waals surface area contributed by atoms with Crippen LogP contribution in [-0.4, -0.2) is 17.0 Å². The third kappa shape index (κ3) is 2.38. The smallest absolute Gasteiger partial charge is 0.141 e. The number of thiophene rings is 1. The fourth-order valence-electron chi connectivity index (χ4n) is 4.61. The highest BCUT2D eigenvalue weighted by Gasteiger charge is 2.28. The molecule has 3 nitrogen and oxygen atoms in total. The lowest BCUT2D eigenvalue weighted by molar-refractivity contribution is 0.542. The van der Waals surface area contributed by atoms with Crippen LogP contribution in [0.15, 0.2) is 24.3 Å². The lowest BCUT2D eigenvalue weighted by atomic mass is 9.87. The molecule has 2 aliphatic carbocycles. The van der Waals surface area contributed by atoms with Crippen molar-refractivity contribution in [2.24, 2.45) is 0 Å². The fraction of sp³-hybridized carbons (Fsp3) is 0.429. The van der Waals surface area contributed by atoms with E-state index < -0.39 is 0 Å². The molecule has 1 atom stereocenters. The molecule has 0 bridgehead atoms. The molecule has 0 N–H and O–H groups in total. The number of benzene rings is 1. The molecule has 4 heteroatoms. The first-order chi connectivity index (χ1) is 12.2. The van der Waals surface area contributed by atoms with Crippen LogP contribution in [0.25, 0.3) is 10.2 Å². The van der Waals surface area contributed by atoms with Crippen LogP contribution in [0.3, 0.4) is 0 Å². The molecule has 2 aromatic heterocycles. The van der Waals surface area contributed by atoms with Crippen LogP contribution in [0.4, 0.5) is 5.82 Å². The van der Waals surface area contributed by atoms with Crippen molar-refractivity contribution in [3.05, 3.63) is 51.7 Å². The number of hydrogen-bond acceptors (Lipinski definition) is 4. The van der Waals surface area contributed by atoms with Crippen LogP contribution < -0.4 is 4.90 Å². The molecule has 2 heterocycles. The second kappa shape index (κ2) is 5.80. The first-order valence-corrected chi connectivity index (χ1v) is 10.1. The van der Waals surface area contributed by atoms with Crippen molar-refractivity contribution in [1.82, 2.24) is 9.97 Å². The highest BCUT2D eigenvalue weighted by Crippen LogP contribution is 2.43. The van der Waals surface area contributed by atoms with Gasteiger partial charge in [0.2, 0.25) is 0 Å². The molecule has 2 aliphatic rings. The number of hydrogen-bond donors (Lipinski definition) is 0. The molecule has 3 aromatic rings. The quantitative estimate of drug-likeness (QED) is 0.652. The van der Waals surface area contributed by atoms with Gasteiger partial charge in [0.25, 0.3) is 0 Å². The van der Waals surface area contributed by atoms with Crippen molar-refractivity contribution in [2.75, 3.05) is 11.9 Å². The van der Waals surface area contributed by atoms with E-state index in [0.717, 1.165) is 11.6 Å². The summed E-state index contributed by atoms with van der Waals surface area (Å²) in [5, 5.41) is 1.33. The molecule has 0 radical (unpaired) electrons. The van der Waals surface area contributed by atoms with Gasteiger partial charge in [0.15, 0.2) is 0 Å². The molecule has 0 aliphatic heterocycles. The molecule has 25 heavy (non-hydrogen) atoms. The maximum atomic E-state index is 4.92. The maximum absolute atomic E-state index is 4.92. The second-order valence-corrected chi connectivity index (χ2v) is 8.43. The molecule has 0 fully saturated rings. The van der Waals surface area contributed by atoms with Gasteiger partial charge in [-0.3, -0.25) is 0 Å². The maximum Gasteiger partial charge on any atom is 0.141 e. The third-order valence-corrected chi connectivity index (χ3v) is 6.98. The summed E-state index contributed by atoms with van der Waals surface area (Å²) in [7, 11) is 2.23. The van der Waals surface area contributed by atoms with Crippen molar-refractivity contribution >= 4 is 27.4 Å². The SMILES string of the molecule is Cc1nc(N(C)[C@@H]2CCCc3ccccc32)c2c3c(sc2n1)CCC3. The third-order valence-electron chi connectivity index (χ3n) is 5.80. The molecule has 128 valence electrons. The average molecular weight is 350 g/mol. The largest absolute Gasteiger partial charge is 0.352 e. The predicted octanol–water partition coefficient (Wildman–Crippen LogP) is 5.00. The number of aromatic nitrogens is 2. The number of fused-ring (bicyclic) bond motifs is 4. The van der Waals surface area contributed by atoms with E-state index in [1.54, 1.807) is 0 Å². The number of aryl methyl sites for hydroxylation is 4. The van der Waals surface area contributed by atoms with E-state index in [0.29, 0.717) is 6.04 Å². The molecule has 0 amide bonds. The van der Waals surface area contributed by atoms with Crippen LogP contribution in [0, 0.1) is 6.92 Å². The van der Waals surface area contributed by atoms with Gasteiger partial charge in [-0.15, -0.1) is 11.3 Å². The van der Waals surface area contributed by atoms with Gasteiger partial charge < -0.3 is 4.90 Å². The molecule has 5 rings (SSSR count). The van der Waals surface area contributed by atoms with E-state index in [1.165, 1.54) is 70.3 Å². The average Bonchev–Trinajstić information content (AvgIpc) is 3.20. The second-order valence-electron chi connectivity index (χ2n) is 7.35. The molecular weight excluding hydrogens is 326 g/mol. The Morgan fingerprint density at radius 1 is 1.08 bits per heavy atom. The van der Waals surface area contributed by atoms with E-state index in [2.05, 4.69) is 36.2 Å². The Labute approximate surface area is 152 Å². The van der Waals surface area contributed by atoms with E-state index in [-0.39, 0.29) is 0 Å². The summed E-state index contributed by atoms with van der Waals surface area (Å²) in [5.41, 5.74) is 4.50. The Bertz CT molecular complexity index is 959. The highest BCUT2D eigenvalue weighted by atomic mass is 32.1. The van der Waals surface area contributed by atoms with Gasteiger partial charge in [-0.1, -0.05) is 24.3 Å². The summed E-state index contributed by atoms with van der Waals surface area (Å²) in [4.78, 5) is 14.8. The van der Waals surface area contributed by atoms with Crippen LogP contribution >= 0.6 is 11.3 Å². The zero-order valence-electron chi connectivity index (χ0n) is 14.9. The lowest BCUT2D eigenvalue weighted by Gasteiger charge is -2.34. The van der Waals surface area contributed by atoms with Gasteiger partial charge in [0.05, 0.1) is 11.4 Å². The summed E-state index contributed by atoms with van der Waals surface area (Å²) in [6.45, 7) is 2.02. The molecule has 0 saturated heterocycles. The minimum Gasteiger partial charge on any atom is -0.352 e. The standard InChI is InChI=1S/C21H23N3S/c1-13-22-20(19-16-10-6-12-18(16)25-21(19)23-13)24(2)17-11-5-8-14-7-3-4-9-15(14)17/h3-4,7,9,17H,5-6,8,10-12H2,1-2H3/t17-/m1/s1. The summed E-state index contributed by atoms with van der Waals surface area (Å²) in [5.74, 6) is 2.03. The van der Waals surface area contributed by atoms with Gasteiger partial charge >= 0.3 is 0 Å². The topological polar surface area (TPSA) is 29.0 Å². The van der Waals surface area contributed by atoms with Gasteiger partial charge in [-0.25, -0.2) is 9.97 Å². The Morgan fingerprint density at radius 2 is 1.96 bits per heavy atom. The van der Waals surface area contributed by atoms with Crippen molar-refractivity contribution in [3.63, 3.8) is 0 Å². The van der Waals surface area contributed by atoms with Gasteiger partial charge in [0.1, 0.15) is 16.5 Å². The van der Waals surface area contributed by atoms with E-state index in [9.17, 15) is 0 Å². The molecule has 0 saturated carbocycles. The normalized spacial score (nSPS) is 19.0. The van der Waals surface area contributed by atoms with Gasteiger partial charge in [0, 0.05) is 11.9 Å². The Hall–Kier alpha value is -1.94. The van der Waals surface area contributed by atoms with Crippen molar-refractivity contribution in [1.29, 1.82) is 0 Å². The molecule has 0 spiro atoms. The lowest BCUT2D eigenvalue weighted by Crippen LogP contribution is -2.28. The van der Waals surface area contributed by atoms with Crippen LogP contribution in [0.1, 0.15) is 52.7 Å². The van der Waals surface area contributed by atoms with E-state index in [4.69, 9.17) is 9.97 Å². The molecular formula is C21H23N3S. The summed E-state index contributed by atoms with van der Waals surface area (Å²) in [6, 6.07) is 9.35. The Kier molecular flexibility index (Phi) is 3.56. The van der Waals surface area contributed by atoms with Crippen LogP contribution in [0.5, 0.6) is 0 Å². The Balaban J connectivity index is 1.66. The van der Waals surface area contributed by atoms with Crippen molar-refractivity contribution < 1.29 is 0 Å². The first-order valence-electron chi connectivity index (χ1n) is 9.32. The number of rotatable bonds is 2. The van der Waals surface area contributed by atoms with Crippen LogP contribution in [0.2, 0.25) is 0 Å². The number of nitrogens with zero attached hydrogens (tertiary/aromatic N) is 3. The summed E-state index contributed by atoms with van der Waals surface area (Å²) < 4.78 is 0. The van der Waals surface area contributed by atoms with Crippen molar-refractivity contribution in [3.8, 4) is 0 Å². The van der Waals surface area contributed by atoms with E-state index in [1.807, 2.05) is 18.3 Å². The Morgan fingerprint density at radius 3 is 2.88 bits per heavy atom. The first kappa shape index (κ1) is 15.3. The van der Waals surface area contributed by atoms with Crippen LogP contribution in [-0.2, 0) is 19.3 Å². The summed E-state index contributed by atoms with van der Waals surface area (Å²) in [6.07, 6.45) is 7.33. The van der Waals surface area contributed by atoms with Crippen molar-refractivity contribution in [2.45, 2.75) is 51.5 Å². The number of anilines is 1. The van der Waals surface area contributed by atoms with E-state index >= 15 is 0 Å². The van der Waals surface area contributed by atoms with Gasteiger partial charge in [-0.05, 0) is 62.1 Å². The zero-order valence-corrected chi connectivity index (χ0v) is 15.7. The minimum absolute atomic E-state index is 0.416. The minimum atomic E-state index is 0.416. The highest BCUT2D eigenvalue weighted by molar-refractivity contribution is 7.19. The predicted molar refractivity (Wildman–Crippen MR) is 105 cm³/mol. The monoisotopic (exact) mass is 349 g/mol. The van der Waals surface area contributed by atoms with Gasteiger partial charge in [-0.2, -0.15) is 0 Å². The zero-order chi connectivity index (χ0) is 17.0. The molecule has 1 aromatic carbocycles. The fourth-order valence-corrected chi connectivity index (χ4v) is 5.92. The summed E-state index contributed by atoms with van der Waals surface area (Å²) >= 11 is 1.89. The molecule has 0 unspecified atom stereocenters.